The van der Waals surface area contributed by atoms with Gasteiger partial charge in [0.15, 0.2) is 0 Å². The highest BCUT2D eigenvalue weighted by molar-refractivity contribution is 7.85. The van der Waals surface area contributed by atoms with E-state index in [1.54, 1.807) is 39.0 Å². The molecule has 1 aromatic heterocycles. The molecule has 9 heteroatoms. The van der Waals surface area contributed by atoms with Crippen LogP contribution in [0.15, 0.2) is 51.2 Å². The average molecular weight is 446 g/mol. The van der Waals surface area contributed by atoms with Gasteiger partial charge in [-0.15, -0.1) is 0 Å². The fourth-order valence-corrected chi connectivity index (χ4v) is 4.36. The lowest BCUT2D eigenvalue weighted by atomic mass is 10.1. The van der Waals surface area contributed by atoms with Gasteiger partial charge >= 0.3 is 6.09 Å². The van der Waals surface area contributed by atoms with Gasteiger partial charge in [0.2, 0.25) is 5.16 Å². The number of halogens is 1. The maximum absolute atomic E-state index is 13.6. The van der Waals surface area contributed by atoms with Crippen molar-refractivity contribution in [3.05, 3.63) is 58.1 Å². The van der Waals surface area contributed by atoms with E-state index in [2.05, 4.69) is 10.3 Å². The maximum atomic E-state index is 13.6. The number of hydrogen-bond acceptors (Lipinski definition) is 5. The summed E-state index contributed by atoms with van der Waals surface area (Å²) in [4.78, 5) is 29.4. The highest BCUT2D eigenvalue weighted by atomic mass is 32.2. The minimum atomic E-state index is -1.76. The number of nitrogens with zero attached hydrogens (tertiary/aromatic N) is 2. The molecule has 1 amide bonds. The quantitative estimate of drug-likeness (QED) is 0.470. The van der Waals surface area contributed by atoms with E-state index >= 15 is 0 Å². The lowest BCUT2D eigenvalue weighted by Gasteiger charge is -2.19. The molecule has 0 aliphatic carbocycles. The van der Waals surface area contributed by atoms with E-state index in [-0.39, 0.29) is 22.2 Å². The fraction of sp³-hybridized carbons (Fsp3) is 0.318. The summed E-state index contributed by atoms with van der Waals surface area (Å²) < 4.78 is 32.7. The number of alkyl carbamates (subject to hydrolysis) is 1. The number of benzene rings is 2. The summed E-state index contributed by atoms with van der Waals surface area (Å²) in [6.45, 7) is 9.49. The molecule has 7 nitrogen and oxygen atoms in total. The molecule has 31 heavy (non-hydrogen) atoms. The zero-order valence-corrected chi connectivity index (χ0v) is 18.8. The predicted molar refractivity (Wildman–Crippen MR) is 116 cm³/mol. The number of aromatic nitrogens is 2. The van der Waals surface area contributed by atoms with E-state index < -0.39 is 28.3 Å². The number of ether oxygens (including phenoxy) is 1. The minimum absolute atomic E-state index is 0.0559. The molecule has 2 heterocycles. The normalized spacial score (nSPS) is 14.3. The SMILES string of the molecule is CC.CC(C)(C)OC(=O)NCc1ccc2c(=O)n3c(nc2c1)S(=O)c1cc(F)ccc1-3. The van der Waals surface area contributed by atoms with Gasteiger partial charge < -0.3 is 10.1 Å². The molecular weight excluding hydrogens is 421 g/mol. The molecule has 0 radical (unpaired) electrons. The molecule has 164 valence electrons. The zero-order chi connectivity index (χ0) is 22.9. The molecule has 2 aromatic carbocycles. The summed E-state index contributed by atoms with van der Waals surface area (Å²) in [7, 11) is -1.76. The highest BCUT2D eigenvalue weighted by Gasteiger charge is 2.29. The maximum Gasteiger partial charge on any atom is 0.407 e. The van der Waals surface area contributed by atoms with Crippen LogP contribution in [-0.4, -0.2) is 25.5 Å². The van der Waals surface area contributed by atoms with Gasteiger partial charge in [-0.05, 0) is 56.7 Å². The zero-order valence-electron chi connectivity index (χ0n) is 18.0. The molecule has 0 saturated carbocycles. The molecule has 0 bridgehead atoms. The fourth-order valence-electron chi connectivity index (χ4n) is 3.07. The number of carbonyl (C=O) groups is 1. The summed E-state index contributed by atoms with van der Waals surface area (Å²) in [5.41, 5.74) is 0.437. The second kappa shape index (κ2) is 8.58. The Kier molecular flexibility index (Phi) is 6.26. The first-order valence-electron chi connectivity index (χ1n) is 9.88. The lowest BCUT2D eigenvalue weighted by Crippen LogP contribution is -2.32. The van der Waals surface area contributed by atoms with Crippen LogP contribution in [0, 0.1) is 5.82 Å². The van der Waals surface area contributed by atoms with Gasteiger partial charge in [-0.1, -0.05) is 19.9 Å². The van der Waals surface area contributed by atoms with Gasteiger partial charge in [-0.25, -0.2) is 18.4 Å². The Morgan fingerprint density at radius 2 is 1.90 bits per heavy atom. The number of carbonyl (C=O) groups excluding carboxylic acids is 1. The van der Waals surface area contributed by atoms with Crippen molar-refractivity contribution in [3.8, 4) is 5.69 Å². The molecule has 0 spiro atoms. The van der Waals surface area contributed by atoms with Crippen LogP contribution in [0.25, 0.3) is 16.6 Å². The van der Waals surface area contributed by atoms with Crippen molar-refractivity contribution in [2.24, 2.45) is 0 Å². The summed E-state index contributed by atoms with van der Waals surface area (Å²) in [5, 5.41) is 3.04. The largest absolute Gasteiger partial charge is 0.444 e. The Hall–Kier alpha value is -3.07. The van der Waals surface area contributed by atoms with Crippen molar-refractivity contribution in [2.45, 2.75) is 56.8 Å². The number of hydrogen-bond donors (Lipinski definition) is 1. The minimum Gasteiger partial charge on any atom is -0.444 e. The molecule has 3 aromatic rings. The standard InChI is InChI=1S/C20H18FN3O4S.C2H6/c1-20(2,3)28-19(26)22-10-11-4-6-13-14(8-11)23-18-24(17(13)25)15-7-5-12(21)9-16(15)29(18)27;1-2/h4-9H,10H2,1-3H3,(H,22,26);1-2H3. The monoisotopic (exact) mass is 445 g/mol. The lowest BCUT2D eigenvalue weighted by molar-refractivity contribution is 0.0523. The van der Waals surface area contributed by atoms with Crippen LogP contribution in [0.2, 0.25) is 0 Å². The molecule has 0 fully saturated rings. The first-order valence-corrected chi connectivity index (χ1v) is 11.0. The van der Waals surface area contributed by atoms with Crippen LogP contribution in [-0.2, 0) is 22.1 Å². The van der Waals surface area contributed by atoms with Crippen LogP contribution < -0.4 is 10.9 Å². The summed E-state index contributed by atoms with van der Waals surface area (Å²) >= 11 is 0. The van der Waals surface area contributed by atoms with Gasteiger partial charge in [0.05, 0.1) is 21.5 Å². The van der Waals surface area contributed by atoms with Crippen molar-refractivity contribution in [1.82, 2.24) is 14.9 Å². The second-order valence-electron chi connectivity index (χ2n) is 7.62. The van der Waals surface area contributed by atoms with Crippen molar-refractivity contribution in [1.29, 1.82) is 0 Å². The van der Waals surface area contributed by atoms with Gasteiger partial charge in [-0.2, -0.15) is 0 Å². The van der Waals surface area contributed by atoms with Crippen LogP contribution in [0.1, 0.15) is 40.2 Å². The topological polar surface area (TPSA) is 90.3 Å². The Morgan fingerprint density at radius 1 is 1.19 bits per heavy atom. The first kappa shape index (κ1) is 22.6. The molecule has 1 unspecified atom stereocenters. The predicted octanol–water partition coefficient (Wildman–Crippen LogP) is 4.06. The summed E-state index contributed by atoms with van der Waals surface area (Å²) in [5.74, 6) is -0.530. The molecule has 1 aliphatic heterocycles. The van der Waals surface area contributed by atoms with E-state index in [0.717, 1.165) is 6.07 Å². The van der Waals surface area contributed by atoms with Crippen molar-refractivity contribution < 1.29 is 18.1 Å². The third-order valence-corrected chi connectivity index (χ3v) is 5.60. The van der Waals surface area contributed by atoms with E-state index in [4.69, 9.17) is 4.74 Å². The molecule has 4 rings (SSSR count). The first-order chi connectivity index (χ1) is 14.6. The smallest absolute Gasteiger partial charge is 0.407 e. The van der Waals surface area contributed by atoms with Gasteiger partial charge in [-0.3, -0.25) is 9.36 Å². The van der Waals surface area contributed by atoms with Gasteiger partial charge in [0.25, 0.3) is 5.56 Å². The van der Waals surface area contributed by atoms with Gasteiger partial charge in [0.1, 0.15) is 22.2 Å². The second-order valence-corrected chi connectivity index (χ2v) is 8.97. The molecule has 1 aliphatic rings. The average Bonchev–Trinajstić information content (AvgIpc) is 2.98. The van der Waals surface area contributed by atoms with Crippen molar-refractivity contribution >= 4 is 27.8 Å². The Labute approximate surface area is 181 Å². The Balaban J connectivity index is 0.00000132. The molecule has 1 N–H and O–H groups in total. The number of fused-ring (bicyclic) bond motifs is 4. The third-order valence-electron chi connectivity index (χ3n) is 4.27. The Morgan fingerprint density at radius 3 is 2.58 bits per heavy atom. The summed E-state index contributed by atoms with van der Waals surface area (Å²) in [6.07, 6.45) is -0.557. The van der Waals surface area contributed by atoms with E-state index in [1.165, 1.54) is 16.7 Å². The van der Waals surface area contributed by atoms with Crippen molar-refractivity contribution in [2.75, 3.05) is 0 Å². The van der Waals surface area contributed by atoms with Crippen molar-refractivity contribution in [3.63, 3.8) is 0 Å². The van der Waals surface area contributed by atoms with E-state index in [9.17, 15) is 18.2 Å². The van der Waals surface area contributed by atoms with E-state index in [0.29, 0.717) is 22.2 Å². The summed E-state index contributed by atoms with van der Waals surface area (Å²) in [6, 6.07) is 8.75. The molecule has 1 atom stereocenters. The Bertz CT molecular complexity index is 1250. The number of amides is 1. The van der Waals surface area contributed by atoms with E-state index in [1.807, 2.05) is 13.8 Å². The van der Waals surface area contributed by atoms with Crippen LogP contribution in [0.4, 0.5) is 9.18 Å². The number of nitrogens with one attached hydrogen (secondary N) is 1. The molecular formula is C22H24FN3O4S. The van der Waals surface area contributed by atoms with Crippen LogP contribution >= 0.6 is 0 Å². The van der Waals surface area contributed by atoms with Crippen LogP contribution in [0.5, 0.6) is 0 Å². The highest BCUT2D eigenvalue weighted by Crippen LogP contribution is 2.31. The van der Waals surface area contributed by atoms with Crippen LogP contribution in [0.3, 0.4) is 0 Å². The molecule has 0 saturated heterocycles. The number of rotatable bonds is 2. The third kappa shape index (κ3) is 4.51. The van der Waals surface area contributed by atoms with Gasteiger partial charge in [0, 0.05) is 6.54 Å².